The summed E-state index contributed by atoms with van der Waals surface area (Å²) in [6, 6.07) is 0. The molecule has 0 fully saturated rings. The molecule has 0 unspecified atom stereocenters. The van der Waals surface area contributed by atoms with Crippen molar-refractivity contribution >= 4 is 0 Å². The maximum atomic E-state index is 3.86. The molecule has 0 aliphatic carbocycles. The Morgan fingerprint density at radius 2 is 1.79 bits per heavy atom. The Morgan fingerprint density at radius 3 is 2.14 bits per heavy atom. The summed E-state index contributed by atoms with van der Waals surface area (Å²) in [7, 11) is 0. The van der Waals surface area contributed by atoms with Crippen molar-refractivity contribution in [1.82, 2.24) is 4.90 Å². The van der Waals surface area contributed by atoms with Gasteiger partial charge in [-0.25, -0.2) is 0 Å². The molecule has 80 valence electrons. The van der Waals surface area contributed by atoms with Crippen LogP contribution in [0.5, 0.6) is 0 Å². The summed E-state index contributed by atoms with van der Waals surface area (Å²) in [5.74, 6) is 0. The maximum absolute atomic E-state index is 3.86. The van der Waals surface area contributed by atoms with Gasteiger partial charge < -0.3 is 4.90 Å². The third-order valence-corrected chi connectivity index (χ3v) is 2.02. The molecule has 0 heterocycles. The third kappa shape index (κ3) is 4.90. The highest BCUT2D eigenvalue weighted by molar-refractivity contribution is 5.20. The fraction of sp³-hybridized carbons (Fsp3) is 0.538. The molecular formula is C13H23N. The first kappa shape index (κ1) is 13.0. The van der Waals surface area contributed by atoms with Crippen LogP contribution >= 0.6 is 0 Å². The normalized spacial score (nSPS) is 12.1. The minimum Gasteiger partial charge on any atom is -0.372 e. The number of hydrogen-bond acceptors (Lipinski definition) is 1. The number of hydrogen-bond donors (Lipinski definition) is 0. The summed E-state index contributed by atoms with van der Waals surface area (Å²) >= 11 is 0. The molecule has 0 aliphatic heterocycles. The van der Waals surface area contributed by atoms with E-state index < -0.39 is 0 Å². The largest absolute Gasteiger partial charge is 0.372 e. The smallest absolute Gasteiger partial charge is 0.0360 e. The lowest BCUT2D eigenvalue weighted by Crippen LogP contribution is -2.23. The van der Waals surface area contributed by atoms with Crippen LogP contribution in [0.4, 0.5) is 0 Å². The van der Waals surface area contributed by atoms with Crippen LogP contribution in [0.2, 0.25) is 0 Å². The predicted octanol–water partition coefficient (Wildman–Crippen LogP) is 3.75. The summed E-state index contributed by atoms with van der Waals surface area (Å²) in [6.07, 6.45) is 10.5. The number of allylic oxidation sites excluding steroid dienone is 4. The van der Waals surface area contributed by atoms with E-state index in [-0.39, 0.29) is 0 Å². The van der Waals surface area contributed by atoms with E-state index in [9.17, 15) is 0 Å². The first-order valence-electron chi connectivity index (χ1n) is 5.50. The molecule has 1 nitrogen and oxygen atoms in total. The summed E-state index contributed by atoms with van der Waals surface area (Å²) in [6.45, 7) is 12.5. The average Bonchev–Trinajstić information content (AvgIpc) is 2.19. The van der Waals surface area contributed by atoms with Crippen LogP contribution < -0.4 is 0 Å². The zero-order chi connectivity index (χ0) is 10.8. The lowest BCUT2D eigenvalue weighted by molar-refractivity contribution is 0.355. The summed E-state index contributed by atoms with van der Waals surface area (Å²) in [5, 5.41) is 0. The van der Waals surface area contributed by atoms with E-state index in [4.69, 9.17) is 0 Å². The molecule has 0 aromatic carbocycles. The topological polar surface area (TPSA) is 3.24 Å². The van der Waals surface area contributed by atoms with E-state index in [1.165, 1.54) is 18.5 Å². The van der Waals surface area contributed by atoms with Crippen LogP contribution in [-0.4, -0.2) is 18.0 Å². The molecular weight excluding hydrogens is 170 g/mol. The number of rotatable bonds is 7. The second-order valence-corrected chi connectivity index (χ2v) is 3.31. The Bertz CT molecular complexity index is 195. The zero-order valence-corrected chi connectivity index (χ0v) is 9.79. The van der Waals surface area contributed by atoms with Crippen LogP contribution in [0.1, 0.15) is 33.6 Å². The number of nitrogens with zero attached hydrogens (tertiary/aromatic N) is 1. The highest BCUT2D eigenvalue weighted by Gasteiger charge is 2.02. The van der Waals surface area contributed by atoms with Crippen LogP contribution in [0.25, 0.3) is 0 Å². The van der Waals surface area contributed by atoms with Gasteiger partial charge in [-0.3, -0.25) is 0 Å². The van der Waals surface area contributed by atoms with Crippen LogP contribution in [-0.2, 0) is 0 Å². The fourth-order valence-electron chi connectivity index (χ4n) is 1.41. The highest BCUT2D eigenvalue weighted by Crippen LogP contribution is 2.07. The molecule has 0 rings (SSSR count). The molecule has 0 aliphatic rings. The molecule has 0 N–H and O–H groups in total. The van der Waals surface area contributed by atoms with Crippen molar-refractivity contribution in [3.63, 3.8) is 0 Å². The van der Waals surface area contributed by atoms with Gasteiger partial charge in [0, 0.05) is 18.8 Å². The average molecular weight is 193 g/mol. The zero-order valence-electron chi connectivity index (χ0n) is 9.79. The predicted molar refractivity (Wildman–Crippen MR) is 65.2 cm³/mol. The third-order valence-electron chi connectivity index (χ3n) is 2.02. The van der Waals surface area contributed by atoms with Crippen molar-refractivity contribution in [2.45, 2.75) is 33.6 Å². The van der Waals surface area contributed by atoms with Gasteiger partial charge in [-0.1, -0.05) is 32.6 Å². The monoisotopic (exact) mass is 193 g/mol. The van der Waals surface area contributed by atoms with Gasteiger partial charge >= 0.3 is 0 Å². The summed E-state index contributed by atoms with van der Waals surface area (Å²) in [4.78, 5) is 2.38. The van der Waals surface area contributed by atoms with Gasteiger partial charge in [0.05, 0.1) is 0 Å². The maximum Gasteiger partial charge on any atom is 0.0360 e. The molecule has 0 spiro atoms. The molecule has 0 saturated heterocycles. The van der Waals surface area contributed by atoms with Crippen molar-refractivity contribution in [1.29, 1.82) is 0 Å². The van der Waals surface area contributed by atoms with Crippen molar-refractivity contribution < 1.29 is 0 Å². The Kier molecular flexibility index (Phi) is 8.01. The fourth-order valence-corrected chi connectivity index (χ4v) is 1.41. The van der Waals surface area contributed by atoms with Crippen molar-refractivity contribution in [2.24, 2.45) is 0 Å². The first-order chi connectivity index (χ1) is 6.79. The van der Waals surface area contributed by atoms with Gasteiger partial charge in [-0.2, -0.15) is 0 Å². The van der Waals surface area contributed by atoms with Crippen LogP contribution in [0, 0.1) is 0 Å². The van der Waals surface area contributed by atoms with Gasteiger partial charge in [0.25, 0.3) is 0 Å². The van der Waals surface area contributed by atoms with E-state index in [2.05, 4.69) is 37.5 Å². The van der Waals surface area contributed by atoms with Gasteiger partial charge in [-0.05, 0) is 31.9 Å². The Labute approximate surface area is 88.8 Å². The molecule has 0 aromatic rings. The van der Waals surface area contributed by atoms with E-state index in [1.807, 2.05) is 19.1 Å². The standard InChI is InChI=1S/C13H23N/c1-5-9-10-13(8-4)14(11-6-2)12-7-3/h5,8-10H,4,6-7,11-12H2,1-3H3/b9-5-,13-10+. The first-order valence-corrected chi connectivity index (χ1v) is 5.50. The van der Waals surface area contributed by atoms with Crippen LogP contribution in [0.15, 0.2) is 36.6 Å². The quantitative estimate of drug-likeness (QED) is 0.556. The molecule has 1 heteroatoms. The Morgan fingerprint density at radius 1 is 1.21 bits per heavy atom. The second-order valence-electron chi connectivity index (χ2n) is 3.31. The lowest BCUT2D eigenvalue weighted by atomic mass is 10.2. The van der Waals surface area contributed by atoms with Crippen LogP contribution in [0.3, 0.4) is 0 Å². The van der Waals surface area contributed by atoms with E-state index in [0.29, 0.717) is 0 Å². The molecule has 0 aromatic heterocycles. The van der Waals surface area contributed by atoms with Gasteiger partial charge in [0.1, 0.15) is 0 Å². The minimum absolute atomic E-state index is 1.11. The molecule has 0 bridgehead atoms. The molecule has 0 amide bonds. The Hall–Kier alpha value is -0.980. The lowest BCUT2D eigenvalue weighted by Gasteiger charge is -2.24. The SMILES string of the molecule is C=C/C(=C\C=C/C)N(CCC)CCC. The summed E-state index contributed by atoms with van der Waals surface area (Å²) in [5.41, 5.74) is 1.23. The van der Waals surface area contributed by atoms with Gasteiger partial charge in [0.2, 0.25) is 0 Å². The van der Waals surface area contributed by atoms with E-state index in [0.717, 1.165) is 13.1 Å². The molecule has 0 atom stereocenters. The van der Waals surface area contributed by atoms with Gasteiger partial charge in [0.15, 0.2) is 0 Å². The van der Waals surface area contributed by atoms with E-state index in [1.54, 1.807) is 0 Å². The van der Waals surface area contributed by atoms with Crippen molar-refractivity contribution in [3.8, 4) is 0 Å². The van der Waals surface area contributed by atoms with Crippen molar-refractivity contribution in [3.05, 3.63) is 36.6 Å². The van der Waals surface area contributed by atoms with Crippen molar-refractivity contribution in [2.75, 3.05) is 13.1 Å². The van der Waals surface area contributed by atoms with E-state index >= 15 is 0 Å². The molecule has 0 radical (unpaired) electrons. The van der Waals surface area contributed by atoms with Gasteiger partial charge in [-0.15, -0.1) is 0 Å². The summed E-state index contributed by atoms with van der Waals surface area (Å²) < 4.78 is 0. The second kappa shape index (κ2) is 8.61. The highest BCUT2D eigenvalue weighted by atomic mass is 15.1. The molecule has 0 saturated carbocycles. The Balaban J connectivity index is 4.47. The molecule has 14 heavy (non-hydrogen) atoms. The minimum atomic E-state index is 1.11.